The van der Waals surface area contributed by atoms with Gasteiger partial charge in [0.1, 0.15) is 17.7 Å². The maximum atomic E-state index is 13.5. The molecule has 37 heavy (non-hydrogen) atoms. The molecule has 2 aliphatic heterocycles. The highest BCUT2D eigenvalue weighted by atomic mass is 19.3. The molecular formula is C27H22F2N4O4. The van der Waals surface area contributed by atoms with Crippen LogP contribution in [0.4, 0.5) is 8.78 Å². The first-order chi connectivity index (χ1) is 17.8. The van der Waals surface area contributed by atoms with Gasteiger partial charge >= 0.3 is 6.61 Å². The van der Waals surface area contributed by atoms with E-state index in [1.54, 1.807) is 18.2 Å². The summed E-state index contributed by atoms with van der Waals surface area (Å²) >= 11 is 0. The highest BCUT2D eigenvalue weighted by molar-refractivity contribution is 6.00. The van der Waals surface area contributed by atoms with Crippen LogP contribution in [-0.2, 0) is 11.2 Å². The summed E-state index contributed by atoms with van der Waals surface area (Å²) in [6, 6.07) is 14.6. The summed E-state index contributed by atoms with van der Waals surface area (Å²) < 4.78 is 34.0. The number of carbonyl (C=O) groups is 2. The molecule has 2 aromatic carbocycles. The van der Waals surface area contributed by atoms with E-state index in [2.05, 4.69) is 10.3 Å². The predicted molar refractivity (Wildman–Crippen MR) is 129 cm³/mol. The summed E-state index contributed by atoms with van der Waals surface area (Å²) in [5.41, 5.74) is 3.38. The SMILES string of the molecule is CC(O)C(=O)Cc1cccc(-c2c(OC(F)F)ccc3c2[C@H]2C[C@@H](NC3=O)c3nc4ccccc4n32)n1. The van der Waals surface area contributed by atoms with Crippen LogP contribution in [-0.4, -0.2) is 44.0 Å². The number of hydrogen-bond acceptors (Lipinski definition) is 6. The van der Waals surface area contributed by atoms with Crippen molar-refractivity contribution in [3.05, 3.63) is 77.2 Å². The number of amides is 1. The number of aliphatic hydroxyl groups is 1. The van der Waals surface area contributed by atoms with Gasteiger partial charge in [-0.3, -0.25) is 14.6 Å². The summed E-state index contributed by atoms with van der Waals surface area (Å²) in [4.78, 5) is 34.8. The Morgan fingerprint density at radius 3 is 2.76 bits per heavy atom. The Hall–Kier alpha value is -4.18. The Morgan fingerprint density at radius 1 is 1.16 bits per heavy atom. The molecular weight excluding hydrogens is 482 g/mol. The molecule has 0 saturated carbocycles. The predicted octanol–water partition coefficient (Wildman–Crippen LogP) is 3.97. The van der Waals surface area contributed by atoms with E-state index in [0.29, 0.717) is 29.1 Å². The second-order valence-electron chi connectivity index (χ2n) is 9.22. The Bertz CT molecular complexity index is 1570. The number of nitrogens with one attached hydrogen (secondary N) is 1. The van der Waals surface area contributed by atoms with Gasteiger partial charge in [-0.1, -0.05) is 18.2 Å². The minimum absolute atomic E-state index is 0.121. The fourth-order valence-corrected chi connectivity index (χ4v) is 5.32. The van der Waals surface area contributed by atoms with Crippen LogP contribution in [0, 0.1) is 0 Å². The van der Waals surface area contributed by atoms with E-state index < -0.39 is 24.5 Å². The molecule has 1 unspecified atom stereocenters. The zero-order valence-electron chi connectivity index (χ0n) is 19.7. The molecule has 188 valence electrons. The van der Waals surface area contributed by atoms with Gasteiger partial charge in [0.25, 0.3) is 5.91 Å². The fourth-order valence-electron chi connectivity index (χ4n) is 5.32. The number of carbonyl (C=O) groups excluding carboxylic acids is 2. The van der Waals surface area contributed by atoms with Gasteiger partial charge < -0.3 is 19.7 Å². The normalized spacial score (nSPS) is 18.8. The number of ether oxygens (including phenoxy) is 1. The minimum Gasteiger partial charge on any atom is -0.434 e. The molecule has 2 aromatic heterocycles. The lowest BCUT2D eigenvalue weighted by Gasteiger charge is -2.23. The van der Waals surface area contributed by atoms with Gasteiger partial charge in [-0.05, 0) is 49.7 Å². The fraction of sp³-hybridized carbons (Fsp3) is 0.259. The second kappa shape index (κ2) is 8.74. The highest BCUT2D eigenvalue weighted by Crippen LogP contribution is 2.49. The smallest absolute Gasteiger partial charge is 0.387 e. The molecule has 4 aromatic rings. The maximum Gasteiger partial charge on any atom is 0.387 e. The Labute approximate surface area is 209 Å². The molecule has 10 heteroatoms. The summed E-state index contributed by atoms with van der Waals surface area (Å²) in [6.45, 7) is -1.72. The van der Waals surface area contributed by atoms with Gasteiger partial charge in [-0.15, -0.1) is 0 Å². The largest absolute Gasteiger partial charge is 0.434 e. The van der Waals surface area contributed by atoms with E-state index in [1.165, 1.54) is 19.1 Å². The third-order valence-electron chi connectivity index (χ3n) is 6.90. The second-order valence-corrected chi connectivity index (χ2v) is 9.22. The van der Waals surface area contributed by atoms with Crippen LogP contribution < -0.4 is 10.1 Å². The van der Waals surface area contributed by atoms with Crippen LogP contribution in [0.1, 0.15) is 52.9 Å². The number of aromatic nitrogens is 3. The number of pyridine rings is 1. The van der Waals surface area contributed by atoms with E-state index in [1.807, 2.05) is 28.8 Å². The van der Waals surface area contributed by atoms with Crippen LogP contribution in [0.2, 0.25) is 0 Å². The van der Waals surface area contributed by atoms with Crippen LogP contribution in [0.25, 0.3) is 22.3 Å². The van der Waals surface area contributed by atoms with Crippen LogP contribution in [0.15, 0.2) is 54.6 Å². The number of Topliss-reactive ketones (excluding diaryl/α,β-unsaturated/α-hetero) is 1. The number of ketones is 1. The first-order valence-corrected chi connectivity index (χ1v) is 11.9. The Morgan fingerprint density at radius 2 is 1.97 bits per heavy atom. The molecule has 8 nitrogen and oxygen atoms in total. The van der Waals surface area contributed by atoms with Crippen molar-refractivity contribution in [3.8, 4) is 17.0 Å². The van der Waals surface area contributed by atoms with Crippen molar-refractivity contribution in [2.24, 2.45) is 0 Å². The summed E-state index contributed by atoms with van der Waals surface area (Å²) in [6.07, 6.45) is -0.811. The van der Waals surface area contributed by atoms with Crippen LogP contribution in [0.3, 0.4) is 0 Å². The Balaban J connectivity index is 1.60. The van der Waals surface area contributed by atoms with Crippen molar-refractivity contribution in [2.75, 3.05) is 0 Å². The molecule has 0 radical (unpaired) electrons. The molecule has 0 fully saturated rings. The molecule has 2 bridgehead atoms. The van der Waals surface area contributed by atoms with Gasteiger partial charge in [0.15, 0.2) is 5.78 Å². The van der Waals surface area contributed by atoms with Crippen LogP contribution >= 0.6 is 0 Å². The van der Waals surface area contributed by atoms with E-state index in [4.69, 9.17) is 9.72 Å². The van der Waals surface area contributed by atoms with E-state index in [9.17, 15) is 23.5 Å². The number of benzene rings is 2. The molecule has 1 amide bonds. The quantitative estimate of drug-likeness (QED) is 0.412. The molecule has 6 rings (SSSR count). The number of imidazole rings is 1. The van der Waals surface area contributed by atoms with E-state index in [0.717, 1.165) is 11.0 Å². The first kappa shape index (κ1) is 23.2. The molecule has 0 spiro atoms. The molecule has 0 aliphatic carbocycles. The summed E-state index contributed by atoms with van der Waals surface area (Å²) in [7, 11) is 0. The molecule has 2 N–H and O–H groups in total. The number of hydrogen-bond donors (Lipinski definition) is 2. The average Bonchev–Trinajstić information content (AvgIpc) is 3.36. The number of rotatable bonds is 6. The zero-order valence-corrected chi connectivity index (χ0v) is 19.7. The maximum absolute atomic E-state index is 13.5. The van der Waals surface area contributed by atoms with Crippen molar-refractivity contribution in [1.29, 1.82) is 0 Å². The minimum atomic E-state index is -3.10. The average molecular weight is 504 g/mol. The number of nitrogens with zero attached hydrogens (tertiary/aromatic N) is 3. The van der Waals surface area contributed by atoms with Crippen molar-refractivity contribution in [1.82, 2.24) is 19.9 Å². The van der Waals surface area contributed by atoms with Gasteiger partial charge in [-0.2, -0.15) is 8.78 Å². The molecule has 4 heterocycles. The third kappa shape index (κ3) is 3.84. The third-order valence-corrected chi connectivity index (χ3v) is 6.90. The summed E-state index contributed by atoms with van der Waals surface area (Å²) in [5, 5.41) is 12.7. The molecule has 3 atom stereocenters. The van der Waals surface area contributed by atoms with Gasteiger partial charge in [0.2, 0.25) is 0 Å². The van der Waals surface area contributed by atoms with Gasteiger partial charge in [-0.25, -0.2) is 4.98 Å². The Kier molecular flexibility index (Phi) is 5.49. The molecule has 2 aliphatic rings. The zero-order chi connectivity index (χ0) is 25.8. The van der Waals surface area contributed by atoms with Crippen molar-refractivity contribution in [3.63, 3.8) is 0 Å². The number of aliphatic hydroxyl groups excluding tert-OH is 1. The van der Waals surface area contributed by atoms with Crippen molar-refractivity contribution >= 4 is 22.7 Å². The topological polar surface area (TPSA) is 106 Å². The van der Waals surface area contributed by atoms with Gasteiger partial charge in [0, 0.05) is 22.4 Å². The number of fused-ring (bicyclic) bond motifs is 9. The monoisotopic (exact) mass is 504 g/mol. The number of halogens is 2. The first-order valence-electron chi connectivity index (χ1n) is 11.9. The van der Waals surface area contributed by atoms with Crippen LogP contribution in [0.5, 0.6) is 5.75 Å². The lowest BCUT2D eigenvalue weighted by Crippen LogP contribution is -2.28. The van der Waals surface area contributed by atoms with E-state index >= 15 is 0 Å². The van der Waals surface area contributed by atoms with Crippen molar-refractivity contribution < 1.29 is 28.2 Å². The number of alkyl halides is 2. The highest BCUT2D eigenvalue weighted by Gasteiger charge is 2.42. The standard InChI is InChI=1S/C27H22F2N4O4/c1-13(34)21(35)11-14-5-4-7-17(30-14)24-22(37-27(28)29)10-9-15-23(24)20-12-18(32-26(15)36)25-31-16-6-2-3-8-19(16)33(20)25/h2-10,13,18,20,27,34H,11-12H2,1H3,(H,32,36)/t13?,18-,20-/m1/s1. The van der Waals surface area contributed by atoms with Gasteiger partial charge in [0.05, 0.1) is 35.2 Å². The molecule has 0 saturated heterocycles. The lowest BCUT2D eigenvalue weighted by atomic mass is 9.90. The van der Waals surface area contributed by atoms with Crippen molar-refractivity contribution in [2.45, 2.75) is 44.6 Å². The van der Waals surface area contributed by atoms with E-state index in [-0.39, 0.29) is 35.4 Å². The summed E-state index contributed by atoms with van der Waals surface area (Å²) in [5.74, 6) is -0.191. The lowest BCUT2D eigenvalue weighted by molar-refractivity contribution is -0.125. The number of para-hydroxylation sites is 2.